The van der Waals surface area contributed by atoms with Crippen LogP contribution < -0.4 is 5.32 Å². The Kier molecular flexibility index (Phi) is 66.7. The number of ether oxygens (including phenoxy) is 3. The molecule has 7 atom stereocenters. The number of aliphatic hydroxyl groups excluding tert-OH is 5. The standard InChI is InChI=1S/C82H149NO10/c1-3-5-7-9-11-13-14-15-16-17-37-41-44-47-50-54-58-62-66-70-78(87)91-71-67-63-59-55-51-48-45-42-39-36-34-32-30-28-26-24-22-20-18-19-21-23-25-27-29-31-33-35-38-40-43-46-49-53-57-61-65-69-77(86)83-74(75(85)68-64-60-56-52-12-10-8-6-4-2)73-92-82-81(90)80(89)79(88)76(72-84)93-82/h4,6,12,15-16,18,20,24,26,52,64,68,74-76,79-82,84-85,88-90H,3,5,7-11,13-14,17,19,21-23,25,27-51,53-63,65-67,69-73H2,1-2H3,(H,83,86)/b6-4+,16-15-,20-18-,26-24-,52-12+,68-64+. The molecule has 11 nitrogen and oxygen atoms in total. The van der Waals surface area contributed by atoms with Crippen molar-refractivity contribution in [2.75, 3.05) is 19.8 Å². The molecule has 0 radical (unpaired) electrons. The second kappa shape index (κ2) is 70.4. The maximum atomic E-state index is 13.0. The number of nitrogens with one attached hydrogen (secondary N) is 1. The molecular formula is C82H149NO10. The van der Waals surface area contributed by atoms with Gasteiger partial charge in [-0.05, 0) is 110 Å². The van der Waals surface area contributed by atoms with Crippen LogP contribution in [0, 0.1) is 0 Å². The summed E-state index contributed by atoms with van der Waals surface area (Å²) in [7, 11) is 0. The molecule has 93 heavy (non-hydrogen) atoms. The lowest BCUT2D eigenvalue weighted by molar-refractivity contribution is -0.302. The summed E-state index contributed by atoms with van der Waals surface area (Å²) < 4.78 is 16.7. The van der Waals surface area contributed by atoms with Gasteiger partial charge in [-0.2, -0.15) is 0 Å². The van der Waals surface area contributed by atoms with Gasteiger partial charge in [0.25, 0.3) is 0 Å². The summed E-state index contributed by atoms with van der Waals surface area (Å²) in [6.07, 6.45) is 86.9. The molecule has 1 aliphatic heterocycles. The van der Waals surface area contributed by atoms with Gasteiger partial charge >= 0.3 is 5.97 Å². The van der Waals surface area contributed by atoms with E-state index in [4.69, 9.17) is 14.2 Å². The third kappa shape index (κ3) is 58.9. The molecule has 7 unspecified atom stereocenters. The quantitative estimate of drug-likeness (QED) is 0.0195. The summed E-state index contributed by atoms with van der Waals surface area (Å²) >= 11 is 0. The normalized spacial score (nSPS) is 17.9. The van der Waals surface area contributed by atoms with Crippen molar-refractivity contribution in [1.82, 2.24) is 5.32 Å². The van der Waals surface area contributed by atoms with Gasteiger partial charge < -0.3 is 45.1 Å². The maximum absolute atomic E-state index is 13.0. The molecule has 1 heterocycles. The van der Waals surface area contributed by atoms with Crippen molar-refractivity contribution in [3.05, 3.63) is 72.9 Å². The third-order valence-corrected chi connectivity index (χ3v) is 18.6. The van der Waals surface area contributed by atoms with E-state index < -0.39 is 49.5 Å². The van der Waals surface area contributed by atoms with E-state index in [0.29, 0.717) is 19.4 Å². The Bertz CT molecular complexity index is 1780. The van der Waals surface area contributed by atoms with Crippen molar-refractivity contribution in [2.24, 2.45) is 0 Å². The zero-order chi connectivity index (χ0) is 67.2. The maximum Gasteiger partial charge on any atom is 0.305 e. The second-order valence-electron chi connectivity index (χ2n) is 27.4. The minimum absolute atomic E-state index is 0.0119. The summed E-state index contributed by atoms with van der Waals surface area (Å²) in [5.74, 6) is -0.184. The Hall–Kier alpha value is -2.90. The predicted molar refractivity (Wildman–Crippen MR) is 393 cm³/mol. The van der Waals surface area contributed by atoms with Crippen LogP contribution in [0.2, 0.25) is 0 Å². The van der Waals surface area contributed by atoms with Crippen molar-refractivity contribution in [3.63, 3.8) is 0 Å². The van der Waals surface area contributed by atoms with E-state index in [2.05, 4.69) is 66.9 Å². The van der Waals surface area contributed by atoms with Crippen molar-refractivity contribution >= 4 is 11.9 Å². The van der Waals surface area contributed by atoms with Crippen molar-refractivity contribution in [1.29, 1.82) is 0 Å². The number of esters is 1. The van der Waals surface area contributed by atoms with Crippen LogP contribution in [0.5, 0.6) is 0 Å². The molecule has 0 aliphatic carbocycles. The molecule has 0 aromatic heterocycles. The highest BCUT2D eigenvalue weighted by molar-refractivity contribution is 5.76. The molecule has 1 fully saturated rings. The molecule has 0 aromatic rings. The lowest BCUT2D eigenvalue weighted by Gasteiger charge is -2.40. The van der Waals surface area contributed by atoms with Crippen LogP contribution in [-0.2, 0) is 23.8 Å². The van der Waals surface area contributed by atoms with Crippen LogP contribution in [0.4, 0.5) is 0 Å². The van der Waals surface area contributed by atoms with Crippen LogP contribution in [0.25, 0.3) is 0 Å². The topological polar surface area (TPSA) is 175 Å². The predicted octanol–water partition coefficient (Wildman–Crippen LogP) is 21.4. The highest BCUT2D eigenvalue weighted by Crippen LogP contribution is 2.24. The van der Waals surface area contributed by atoms with Crippen LogP contribution in [0.3, 0.4) is 0 Å². The molecule has 542 valence electrons. The van der Waals surface area contributed by atoms with Crippen LogP contribution in [0.15, 0.2) is 72.9 Å². The SMILES string of the molecule is C/C=C/CC/C=C/CC/C=C/C(O)C(COC1OC(CO)C(O)C(O)C1O)NC(=O)CCCCCCCCCCCCCCCCCCC/C=C\C/C=C\CCCCCCCCCCCCCCCOC(=O)CCCCCCCCCCC/C=C\CCCCCCCC. The largest absolute Gasteiger partial charge is 0.466 e. The average molecular weight is 1310 g/mol. The number of rotatable bonds is 70. The lowest BCUT2D eigenvalue weighted by atomic mass is 9.99. The molecule has 0 bridgehead atoms. The van der Waals surface area contributed by atoms with Crippen LogP contribution in [-0.4, -0.2) is 100 Å². The first-order chi connectivity index (χ1) is 45.7. The Labute approximate surface area is 572 Å². The van der Waals surface area contributed by atoms with E-state index in [-0.39, 0.29) is 18.5 Å². The molecule has 6 N–H and O–H groups in total. The van der Waals surface area contributed by atoms with Gasteiger partial charge in [-0.25, -0.2) is 0 Å². The van der Waals surface area contributed by atoms with Gasteiger partial charge in [0.05, 0.1) is 32.0 Å². The van der Waals surface area contributed by atoms with Crippen LogP contribution in [0.1, 0.15) is 373 Å². The number of amides is 1. The van der Waals surface area contributed by atoms with Gasteiger partial charge in [-0.3, -0.25) is 9.59 Å². The summed E-state index contributed by atoms with van der Waals surface area (Å²) in [5, 5.41) is 54.3. The number of carbonyl (C=O) groups excluding carboxylic acids is 2. The number of allylic oxidation sites excluding steroid dienone is 11. The van der Waals surface area contributed by atoms with E-state index in [1.54, 1.807) is 6.08 Å². The van der Waals surface area contributed by atoms with Gasteiger partial charge in [0.15, 0.2) is 6.29 Å². The molecular weight excluding hydrogens is 1160 g/mol. The van der Waals surface area contributed by atoms with E-state index in [0.717, 1.165) is 70.6 Å². The van der Waals surface area contributed by atoms with Gasteiger partial charge in [-0.1, -0.05) is 324 Å². The fraction of sp³-hybridized carbons (Fsp3) is 0.829. The number of aliphatic hydroxyl groups is 5. The molecule has 0 saturated carbocycles. The van der Waals surface area contributed by atoms with Crippen molar-refractivity contribution in [2.45, 2.75) is 416 Å². The molecule has 0 aromatic carbocycles. The molecule has 11 heteroatoms. The number of carbonyl (C=O) groups is 2. The minimum atomic E-state index is -1.58. The van der Waals surface area contributed by atoms with E-state index in [1.165, 1.54) is 276 Å². The van der Waals surface area contributed by atoms with E-state index in [1.807, 2.05) is 19.1 Å². The third-order valence-electron chi connectivity index (χ3n) is 18.6. The first-order valence-corrected chi connectivity index (χ1v) is 39.7. The van der Waals surface area contributed by atoms with Gasteiger partial charge in [0, 0.05) is 12.8 Å². The lowest BCUT2D eigenvalue weighted by Crippen LogP contribution is -2.60. The van der Waals surface area contributed by atoms with E-state index >= 15 is 0 Å². The summed E-state index contributed by atoms with van der Waals surface area (Å²) in [4.78, 5) is 25.1. The first-order valence-electron chi connectivity index (χ1n) is 39.7. The smallest absolute Gasteiger partial charge is 0.305 e. The van der Waals surface area contributed by atoms with Crippen molar-refractivity contribution in [3.8, 4) is 0 Å². The monoisotopic (exact) mass is 1310 g/mol. The van der Waals surface area contributed by atoms with Crippen LogP contribution >= 0.6 is 0 Å². The van der Waals surface area contributed by atoms with Gasteiger partial charge in [0.2, 0.25) is 5.91 Å². The Morgan fingerprint density at radius 2 is 0.774 bits per heavy atom. The highest BCUT2D eigenvalue weighted by Gasteiger charge is 2.44. The average Bonchev–Trinajstić information content (AvgIpc) is 1.10. The Balaban J connectivity index is 1.86. The number of unbranched alkanes of at least 4 members (excludes halogenated alkanes) is 47. The summed E-state index contributed by atoms with van der Waals surface area (Å²) in [5.41, 5.74) is 0. The summed E-state index contributed by atoms with van der Waals surface area (Å²) in [6.45, 7) is 4.12. The molecule has 1 amide bonds. The Morgan fingerprint density at radius 3 is 1.19 bits per heavy atom. The summed E-state index contributed by atoms with van der Waals surface area (Å²) in [6, 6.07) is -0.832. The molecule has 1 saturated heterocycles. The van der Waals surface area contributed by atoms with Gasteiger partial charge in [-0.15, -0.1) is 0 Å². The van der Waals surface area contributed by atoms with E-state index in [9.17, 15) is 35.1 Å². The first kappa shape index (κ1) is 88.1. The zero-order valence-electron chi connectivity index (χ0n) is 60.5. The number of hydrogen-bond acceptors (Lipinski definition) is 10. The highest BCUT2D eigenvalue weighted by atomic mass is 16.7. The second-order valence-corrected chi connectivity index (χ2v) is 27.4. The molecule has 0 spiro atoms. The fourth-order valence-electron chi connectivity index (χ4n) is 12.4. The number of hydrogen-bond donors (Lipinski definition) is 6. The molecule has 1 aliphatic rings. The minimum Gasteiger partial charge on any atom is -0.466 e. The molecule has 1 rings (SSSR count). The fourth-order valence-corrected chi connectivity index (χ4v) is 12.4. The Morgan fingerprint density at radius 1 is 0.419 bits per heavy atom. The zero-order valence-corrected chi connectivity index (χ0v) is 60.5. The van der Waals surface area contributed by atoms with Gasteiger partial charge in [0.1, 0.15) is 24.4 Å². The van der Waals surface area contributed by atoms with Crippen molar-refractivity contribution < 1.29 is 49.3 Å².